The predicted octanol–water partition coefficient (Wildman–Crippen LogP) is 2.40. The number of aromatic nitrogens is 2. The minimum atomic E-state index is -3.95. The molecule has 0 amide bonds. The Bertz CT molecular complexity index is 1070. The monoisotopic (exact) mass is 389 g/mol. The first kappa shape index (κ1) is 18.0. The van der Waals surface area contributed by atoms with E-state index in [-0.39, 0.29) is 21.3 Å². The molecule has 1 heterocycles. The molecule has 0 N–H and O–H groups in total. The van der Waals surface area contributed by atoms with E-state index in [1.807, 2.05) is 6.07 Å². The van der Waals surface area contributed by atoms with Crippen molar-refractivity contribution in [1.29, 1.82) is 0 Å². The first-order valence-electron chi connectivity index (χ1n) is 7.70. The molecule has 7 nitrogen and oxygen atoms in total. The fraction of sp³-hybridized carbons (Fsp3) is 0.118. The van der Waals surface area contributed by atoms with Crippen molar-refractivity contribution in [3.8, 4) is 5.69 Å². The van der Waals surface area contributed by atoms with E-state index in [9.17, 15) is 13.2 Å². The van der Waals surface area contributed by atoms with Crippen LogP contribution in [0.5, 0.6) is 0 Å². The predicted molar refractivity (Wildman–Crippen MR) is 96.6 cm³/mol. The normalized spacial score (nSPS) is 12.1. The molecule has 3 aromatic rings. The summed E-state index contributed by atoms with van der Waals surface area (Å²) in [6, 6.07) is 16.7. The maximum atomic E-state index is 12.6. The minimum Gasteiger partial charge on any atom is -0.461 e. The molecule has 0 spiro atoms. The van der Waals surface area contributed by atoms with Crippen molar-refractivity contribution < 1.29 is 17.9 Å². The van der Waals surface area contributed by atoms with E-state index in [0.717, 1.165) is 11.3 Å². The number of ether oxygens (including phenoxy) is 1. The van der Waals surface area contributed by atoms with E-state index in [0.29, 0.717) is 5.69 Å². The van der Waals surface area contributed by atoms with Crippen molar-refractivity contribution in [3.63, 3.8) is 0 Å². The molecule has 134 valence electrons. The molecule has 26 heavy (non-hydrogen) atoms. The molecular formula is C17H15N3O4S2. The lowest BCUT2D eigenvalue weighted by Crippen LogP contribution is -2.17. The Morgan fingerprint density at radius 3 is 2.35 bits per heavy atom. The van der Waals surface area contributed by atoms with Gasteiger partial charge in [0.25, 0.3) is 10.0 Å². The topological polar surface area (TPSA) is 90.6 Å². The molecule has 0 radical (unpaired) electrons. The summed E-state index contributed by atoms with van der Waals surface area (Å²) in [6.45, 7) is 1.88. The van der Waals surface area contributed by atoms with E-state index >= 15 is 0 Å². The number of benzene rings is 2. The standard InChI is InChI=1S/C17H15N3O4S2/c1-2-24-16(21)15-18-20(13-9-5-3-6-10-13)17(25-15)19-26(22,23)14-11-7-4-8-12-14/h3-12H,2H2,1H3/b19-17-. The Balaban J connectivity index is 2.18. The van der Waals surface area contributed by atoms with Crippen LogP contribution in [0.3, 0.4) is 0 Å². The molecule has 2 aromatic carbocycles. The Morgan fingerprint density at radius 2 is 1.73 bits per heavy atom. The van der Waals surface area contributed by atoms with Gasteiger partial charge < -0.3 is 4.74 Å². The molecule has 0 fully saturated rings. The van der Waals surface area contributed by atoms with Crippen LogP contribution in [0.4, 0.5) is 0 Å². The zero-order chi connectivity index (χ0) is 18.6. The van der Waals surface area contributed by atoms with Crippen LogP contribution in [-0.2, 0) is 14.8 Å². The average Bonchev–Trinajstić information content (AvgIpc) is 3.07. The van der Waals surface area contributed by atoms with Crippen molar-refractivity contribution in [2.45, 2.75) is 11.8 Å². The van der Waals surface area contributed by atoms with Crippen molar-refractivity contribution in [2.24, 2.45) is 4.40 Å². The minimum absolute atomic E-state index is 0.0257. The zero-order valence-corrected chi connectivity index (χ0v) is 15.4. The van der Waals surface area contributed by atoms with Gasteiger partial charge in [-0.25, -0.2) is 9.48 Å². The number of hydrogen-bond acceptors (Lipinski definition) is 6. The van der Waals surface area contributed by atoms with Crippen molar-refractivity contribution in [1.82, 2.24) is 9.78 Å². The van der Waals surface area contributed by atoms with Gasteiger partial charge in [-0.1, -0.05) is 47.7 Å². The van der Waals surface area contributed by atoms with Gasteiger partial charge in [0.05, 0.1) is 17.2 Å². The summed E-state index contributed by atoms with van der Waals surface area (Å²) in [4.78, 5) is 12.1. The first-order valence-corrected chi connectivity index (χ1v) is 9.95. The fourth-order valence-corrected chi connectivity index (χ4v) is 4.10. The molecule has 1 aromatic heterocycles. The van der Waals surface area contributed by atoms with Gasteiger partial charge in [-0.15, -0.1) is 9.50 Å². The van der Waals surface area contributed by atoms with E-state index in [1.165, 1.54) is 16.8 Å². The lowest BCUT2D eigenvalue weighted by Gasteiger charge is -2.01. The highest BCUT2D eigenvalue weighted by Crippen LogP contribution is 2.13. The van der Waals surface area contributed by atoms with Gasteiger partial charge in [0.2, 0.25) is 9.81 Å². The van der Waals surface area contributed by atoms with Gasteiger partial charge >= 0.3 is 5.97 Å². The van der Waals surface area contributed by atoms with Gasteiger partial charge in [0.1, 0.15) is 0 Å². The Kier molecular flexibility index (Phi) is 5.29. The second kappa shape index (κ2) is 7.63. The van der Waals surface area contributed by atoms with Crippen molar-refractivity contribution >= 4 is 27.3 Å². The fourth-order valence-electron chi connectivity index (χ4n) is 2.10. The summed E-state index contributed by atoms with van der Waals surface area (Å²) < 4.78 is 35.3. The number of sulfonamides is 1. The second-order valence-electron chi connectivity index (χ2n) is 5.04. The van der Waals surface area contributed by atoms with Crippen LogP contribution >= 0.6 is 11.3 Å². The van der Waals surface area contributed by atoms with Gasteiger partial charge in [0, 0.05) is 0 Å². The molecule has 0 saturated heterocycles. The smallest absolute Gasteiger partial charge is 0.369 e. The summed E-state index contributed by atoms with van der Waals surface area (Å²) in [6.07, 6.45) is 0. The number of esters is 1. The van der Waals surface area contributed by atoms with Crippen LogP contribution in [-0.4, -0.2) is 30.8 Å². The Labute approximate surface area is 154 Å². The largest absolute Gasteiger partial charge is 0.461 e. The molecule has 0 aliphatic heterocycles. The van der Waals surface area contributed by atoms with Crippen LogP contribution in [0.25, 0.3) is 5.69 Å². The van der Waals surface area contributed by atoms with Gasteiger partial charge in [-0.05, 0) is 31.2 Å². The third-order valence-corrected chi connectivity index (χ3v) is 5.54. The quantitative estimate of drug-likeness (QED) is 0.625. The maximum absolute atomic E-state index is 12.6. The summed E-state index contributed by atoms with van der Waals surface area (Å²) in [5.74, 6) is -0.624. The summed E-state index contributed by atoms with van der Waals surface area (Å²) in [5.41, 5.74) is 0.585. The number of nitrogens with zero attached hydrogens (tertiary/aromatic N) is 3. The summed E-state index contributed by atoms with van der Waals surface area (Å²) >= 11 is 0.855. The van der Waals surface area contributed by atoms with Crippen molar-refractivity contribution in [2.75, 3.05) is 6.61 Å². The van der Waals surface area contributed by atoms with Gasteiger partial charge in [-0.2, -0.15) is 8.42 Å². The molecule has 9 heteroatoms. The molecule has 0 saturated carbocycles. The molecule has 0 aliphatic rings. The molecule has 0 bridgehead atoms. The Hall–Kier alpha value is -2.78. The summed E-state index contributed by atoms with van der Waals surface area (Å²) in [5, 5.41) is 4.20. The van der Waals surface area contributed by atoms with Crippen LogP contribution in [0.1, 0.15) is 16.7 Å². The van der Waals surface area contributed by atoms with Crippen LogP contribution in [0, 0.1) is 0 Å². The van der Waals surface area contributed by atoms with Gasteiger partial charge in [-0.3, -0.25) is 0 Å². The average molecular weight is 389 g/mol. The molecule has 0 unspecified atom stereocenters. The number of hydrogen-bond donors (Lipinski definition) is 0. The molecule has 0 atom stereocenters. The zero-order valence-electron chi connectivity index (χ0n) is 13.8. The Morgan fingerprint density at radius 1 is 1.12 bits per heavy atom. The van der Waals surface area contributed by atoms with E-state index in [4.69, 9.17) is 4.74 Å². The highest BCUT2D eigenvalue weighted by molar-refractivity contribution is 7.90. The summed E-state index contributed by atoms with van der Waals surface area (Å²) in [7, 11) is -3.95. The number of carbonyl (C=O) groups is 1. The molecular weight excluding hydrogens is 374 g/mol. The van der Waals surface area contributed by atoms with E-state index in [1.54, 1.807) is 49.4 Å². The third kappa shape index (κ3) is 3.89. The van der Waals surface area contributed by atoms with Crippen LogP contribution < -0.4 is 4.80 Å². The SMILES string of the molecule is CCOC(=O)c1nn(-c2ccccc2)/c(=N/S(=O)(=O)c2ccccc2)s1. The lowest BCUT2D eigenvalue weighted by atomic mass is 10.3. The van der Waals surface area contributed by atoms with Crippen LogP contribution in [0.2, 0.25) is 0 Å². The number of para-hydroxylation sites is 1. The second-order valence-corrected chi connectivity index (χ2v) is 7.60. The number of rotatable bonds is 5. The van der Waals surface area contributed by atoms with E-state index < -0.39 is 16.0 Å². The number of carbonyl (C=O) groups excluding carboxylic acids is 1. The first-order chi connectivity index (χ1) is 12.5. The van der Waals surface area contributed by atoms with Crippen LogP contribution in [0.15, 0.2) is 70.0 Å². The highest BCUT2D eigenvalue weighted by atomic mass is 32.2. The highest BCUT2D eigenvalue weighted by Gasteiger charge is 2.18. The third-order valence-electron chi connectivity index (χ3n) is 3.25. The molecule has 3 rings (SSSR count). The van der Waals surface area contributed by atoms with Gasteiger partial charge in [0.15, 0.2) is 0 Å². The molecule has 0 aliphatic carbocycles. The maximum Gasteiger partial charge on any atom is 0.369 e. The van der Waals surface area contributed by atoms with E-state index in [2.05, 4.69) is 9.50 Å². The van der Waals surface area contributed by atoms with Crippen molar-refractivity contribution in [3.05, 3.63) is 70.5 Å². The lowest BCUT2D eigenvalue weighted by molar-refractivity contribution is 0.0524.